The van der Waals surface area contributed by atoms with Gasteiger partial charge in [-0.25, -0.2) is 4.79 Å². The molecule has 0 bridgehead atoms. The first kappa shape index (κ1) is 16.6. The normalized spacial score (nSPS) is 28.8. The summed E-state index contributed by atoms with van der Waals surface area (Å²) >= 11 is 0. The minimum Gasteiger partial charge on any atom is -0.478 e. The minimum absolute atomic E-state index is 1.34. The predicted octanol–water partition coefficient (Wildman–Crippen LogP) is 3.19. The molecule has 0 radical (unpaired) electrons. The molecule has 1 rings (SSSR count). The smallest absolute Gasteiger partial charge is 0.385 e. The number of aliphatic carboxylic acids is 1. The van der Waals surface area contributed by atoms with Gasteiger partial charge in [-0.1, -0.05) is 0 Å². The van der Waals surface area contributed by atoms with Crippen molar-refractivity contribution in [3.05, 3.63) is 11.6 Å². The second kappa shape index (κ2) is 3.79. The maximum Gasteiger partial charge on any atom is 0.385 e. The van der Waals surface area contributed by atoms with Crippen molar-refractivity contribution in [2.75, 3.05) is 0 Å². The molecular formula is C8H2F10O2. The topological polar surface area (TPSA) is 37.3 Å². The average molecular weight is 320 g/mol. The molecular weight excluding hydrogens is 318 g/mol. The zero-order valence-electron chi connectivity index (χ0n) is 8.71. The van der Waals surface area contributed by atoms with Gasteiger partial charge in [0.25, 0.3) is 0 Å². The van der Waals surface area contributed by atoms with Gasteiger partial charge in [-0.05, 0) is 0 Å². The lowest BCUT2D eigenvalue weighted by Gasteiger charge is -2.46. The largest absolute Gasteiger partial charge is 0.478 e. The van der Waals surface area contributed by atoms with Crippen molar-refractivity contribution < 1.29 is 53.8 Å². The van der Waals surface area contributed by atoms with E-state index in [0.717, 1.165) is 0 Å². The van der Waals surface area contributed by atoms with Crippen LogP contribution in [0.5, 0.6) is 0 Å². The molecule has 0 unspecified atom stereocenters. The highest BCUT2D eigenvalue weighted by atomic mass is 19.4. The zero-order valence-corrected chi connectivity index (χ0v) is 8.71. The molecule has 0 aliphatic heterocycles. The van der Waals surface area contributed by atoms with Gasteiger partial charge in [-0.2, -0.15) is 43.9 Å². The third kappa shape index (κ3) is 1.56. The molecule has 12 heteroatoms. The van der Waals surface area contributed by atoms with Crippen LogP contribution < -0.4 is 0 Å². The summed E-state index contributed by atoms with van der Waals surface area (Å²) in [5.74, 6) is -36.6. The number of allylic oxidation sites excluding steroid dienone is 1. The van der Waals surface area contributed by atoms with Crippen molar-refractivity contribution in [3.63, 3.8) is 0 Å². The molecule has 0 heterocycles. The van der Waals surface area contributed by atoms with Crippen LogP contribution in [0.25, 0.3) is 0 Å². The van der Waals surface area contributed by atoms with E-state index in [0.29, 0.717) is 0 Å². The molecule has 0 aromatic heterocycles. The van der Waals surface area contributed by atoms with Gasteiger partial charge in [0.15, 0.2) is 0 Å². The summed E-state index contributed by atoms with van der Waals surface area (Å²) in [6, 6.07) is 0. The Hall–Kier alpha value is -1.49. The van der Waals surface area contributed by atoms with E-state index in [4.69, 9.17) is 5.11 Å². The number of carboxylic acids is 1. The molecule has 0 aromatic carbocycles. The molecule has 116 valence electrons. The Bertz CT molecular complexity index is 446. The second-order valence-electron chi connectivity index (χ2n) is 3.77. The molecule has 0 atom stereocenters. The van der Waals surface area contributed by atoms with Crippen LogP contribution in [0.2, 0.25) is 0 Å². The molecule has 1 fully saturated rings. The molecule has 20 heavy (non-hydrogen) atoms. The average Bonchev–Trinajstić information content (AvgIpc) is 2.22. The van der Waals surface area contributed by atoms with E-state index < -0.39 is 47.2 Å². The van der Waals surface area contributed by atoms with Crippen molar-refractivity contribution in [3.8, 4) is 0 Å². The van der Waals surface area contributed by atoms with Crippen molar-refractivity contribution in [2.24, 2.45) is 0 Å². The van der Waals surface area contributed by atoms with Crippen LogP contribution in [0.4, 0.5) is 43.9 Å². The monoisotopic (exact) mass is 320 g/mol. The van der Waals surface area contributed by atoms with Gasteiger partial charge in [0.1, 0.15) is 0 Å². The van der Waals surface area contributed by atoms with Crippen molar-refractivity contribution in [2.45, 2.75) is 29.6 Å². The van der Waals surface area contributed by atoms with Gasteiger partial charge in [-0.15, -0.1) is 0 Å². The molecule has 1 saturated carbocycles. The lowest BCUT2D eigenvalue weighted by Crippen LogP contribution is -2.74. The summed E-state index contributed by atoms with van der Waals surface area (Å²) in [6.45, 7) is 0. The van der Waals surface area contributed by atoms with E-state index >= 15 is 0 Å². The quantitative estimate of drug-likeness (QED) is 0.595. The Balaban J connectivity index is 3.78. The highest BCUT2D eigenvalue weighted by molar-refractivity contribution is 5.81. The number of carboxylic acid groups (broad SMARTS) is 1. The van der Waals surface area contributed by atoms with E-state index in [2.05, 4.69) is 0 Å². The Kier molecular flexibility index (Phi) is 3.13. The maximum atomic E-state index is 13.0. The highest BCUT2D eigenvalue weighted by Gasteiger charge is 2.93. The fraction of sp³-hybridized carbons (Fsp3) is 0.625. The van der Waals surface area contributed by atoms with Crippen LogP contribution in [0.3, 0.4) is 0 Å². The number of hydrogen-bond donors (Lipinski definition) is 1. The van der Waals surface area contributed by atoms with Crippen molar-refractivity contribution in [1.82, 2.24) is 0 Å². The Morgan fingerprint density at radius 2 is 1.05 bits per heavy atom. The van der Waals surface area contributed by atoms with Gasteiger partial charge in [0.2, 0.25) is 0 Å². The van der Waals surface area contributed by atoms with Gasteiger partial charge in [0, 0.05) is 6.08 Å². The van der Waals surface area contributed by atoms with Crippen LogP contribution in [0.1, 0.15) is 0 Å². The predicted molar refractivity (Wildman–Crippen MR) is 40.5 cm³/mol. The maximum absolute atomic E-state index is 13.0. The lowest BCUT2D eigenvalue weighted by atomic mass is 9.78. The molecule has 0 amide bonds. The van der Waals surface area contributed by atoms with Crippen LogP contribution in [0.15, 0.2) is 11.6 Å². The van der Waals surface area contributed by atoms with Crippen LogP contribution >= 0.6 is 0 Å². The number of carbonyl (C=O) groups is 1. The lowest BCUT2D eigenvalue weighted by molar-refractivity contribution is -0.420. The standard InChI is InChI=1S/C8H2F10O2/c9-4(10)2(1-3(19)20)5(11,12)7(15,16)8(17,18)6(4,13)14/h1H,(H,19,20). The molecule has 1 aliphatic carbocycles. The molecule has 1 N–H and O–H groups in total. The zero-order chi connectivity index (χ0) is 16.4. The van der Waals surface area contributed by atoms with Crippen molar-refractivity contribution >= 4 is 5.97 Å². The molecule has 0 saturated heterocycles. The SMILES string of the molecule is O=C(O)C=C1C(F)(F)C(F)(F)C(F)(F)C(F)(F)C1(F)F. The number of hydrogen-bond acceptors (Lipinski definition) is 1. The Morgan fingerprint density at radius 1 is 0.750 bits per heavy atom. The van der Waals surface area contributed by atoms with Crippen molar-refractivity contribution in [1.29, 1.82) is 0 Å². The Morgan fingerprint density at radius 3 is 1.30 bits per heavy atom. The third-order valence-corrected chi connectivity index (χ3v) is 2.52. The first-order valence-electron chi connectivity index (χ1n) is 4.39. The summed E-state index contributed by atoms with van der Waals surface area (Å²) in [6.07, 6.45) is -1.34. The van der Waals surface area contributed by atoms with E-state index in [1.165, 1.54) is 0 Å². The van der Waals surface area contributed by atoms with Crippen LogP contribution in [-0.4, -0.2) is 40.7 Å². The van der Waals surface area contributed by atoms with Crippen LogP contribution in [0, 0.1) is 0 Å². The molecule has 2 nitrogen and oxygen atoms in total. The summed E-state index contributed by atoms with van der Waals surface area (Å²) in [7, 11) is 0. The van der Waals surface area contributed by atoms with E-state index in [1.54, 1.807) is 0 Å². The Labute approximate surface area is 102 Å². The van der Waals surface area contributed by atoms with E-state index in [9.17, 15) is 48.7 Å². The van der Waals surface area contributed by atoms with E-state index in [1.807, 2.05) is 0 Å². The summed E-state index contributed by atoms with van der Waals surface area (Å²) in [4.78, 5) is 10.0. The van der Waals surface area contributed by atoms with Crippen LogP contribution in [-0.2, 0) is 4.79 Å². The molecule has 0 aromatic rings. The molecule has 1 aliphatic rings. The first-order valence-corrected chi connectivity index (χ1v) is 4.39. The van der Waals surface area contributed by atoms with Gasteiger partial charge < -0.3 is 5.11 Å². The number of rotatable bonds is 1. The summed E-state index contributed by atoms with van der Waals surface area (Å²) < 4.78 is 128. The highest BCUT2D eigenvalue weighted by Crippen LogP contribution is 2.66. The fourth-order valence-corrected chi connectivity index (χ4v) is 1.43. The minimum atomic E-state index is -7.09. The van der Waals surface area contributed by atoms with E-state index in [-0.39, 0.29) is 0 Å². The summed E-state index contributed by atoms with van der Waals surface area (Å²) in [5, 5.41) is 7.98. The van der Waals surface area contributed by atoms with Gasteiger partial charge >= 0.3 is 35.6 Å². The summed E-state index contributed by atoms with van der Waals surface area (Å²) in [5.41, 5.74) is -3.60. The van der Waals surface area contributed by atoms with Gasteiger partial charge in [-0.3, -0.25) is 0 Å². The fourth-order valence-electron chi connectivity index (χ4n) is 1.43. The first-order chi connectivity index (χ1) is 8.55. The van der Waals surface area contributed by atoms with Gasteiger partial charge in [0.05, 0.1) is 5.57 Å². The second-order valence-corrected chi connectivity index (χ2v) is 3.77. The number of alkyl halides is 10. The number of halogens is 10. The third-order valence-electron chi connectivity index (χ3n) is 2.52. The molecule has 0 spiro atoms.